The van der Waals surface area contributed by atoms with E-state index in [1.165, 1.54) is 56.9 Å². The standard InChI is InChI=1S/C33H54O7/c1-4-5-12-23(2)13-6-7-14-25-18-17-24(3)26(25)21-27-28(38-27)22-29(39-30-15-8-10-19-36-30)32(33(34)35)40-31-16-9-11-20-37-31/h23,25-28,30-31H,3-22H2,1-2H3,(H,34,35)/t23?,25-,26-,27+,28?,30?,31?/m0/s1. The lowest BCUT2D eigenvalue weighted by Crippen LogP contribution is -2.28. The van der Waals surface area contributed by atoms with E-state index in [9.17, 15) is 9.90 Å². The number of hydrogen-bond acceptors (Lipinski definition) is 6. The highest BCUT2D eigenvalue weighted by molar-refractivity contribution is 5.84. The van der Waals surface area contributed by atoms with E-state index in [1.807, 2.05) is 0 Å². The van der Waals surface area contributed by atoms with Crippen LogP contribution in [0.5, 0.6) is 0 Å². The predicted molar refractivity (Wildman–Crippen MR) is 154 cm³/mol. The molecule has 0 radical (unpaired) electrons. The highest BCUT2D eigenvalue weighted by Gasteiger charge is 2.45. The first-order chi connectivity index (χ1) is 19.4. The molecule has 1 saturated carbocycles. The van der Waals surface area contributed by atoms with Gasteiger partial charge in [0, 0.05) is 19.3 Å². The maximum atomic E-state index is 12.3. The number of epoxide rings is 1. The Labute approximate surface area is 242 Å². The van der Waals surface area contributed by atoms with Crippen LogP contribution in [0.3, 0.4) is 0 Å². The molecule has 0 aromatic carbocycles. The van der Waals surface area contributed by atoms with Crippen LogP contribution in [0.25, 0.3) is 0 Å². The van der Waals surface area contributed by atoms with E-state index < -0.39 is 18.5 Å². The molecule has 1 aliphatic carbocycles. The van der Waals surface area contributed by atoms with Gasteiger partial charge in [-0.25, -0.2) is 4.79 Å². The summed E-state index contributed by atoms with van der Waals surface area (Å²) in [6.45, 7) is 10.3. The Balaban J connectivity index is 1.32. The number of carboxylic acid groups (broad SMARTS) is 1. The van der Waals surface area contributed by atoms with Gasteiger partial charge in [-0.05, 0) is 69.1 Å². The molecular weight excluding hydrogens is 508 g/mol. The normalized spacial score (nSPS) is 31.9. The Kier molecular flexibility index (Phi) is 12.7. The Morgan fingerprint density at radius 2 is 1.68 bits per heavy atom. The van der Waals surface area contributed by atoms with Crippen molar-refractivity contribution >= 4 is 5.97 Å². The van der Waals surface area contributed by atoms with Crippen molar-refractivity contribution in [2.75, 3.05) is 13.2 Å². The van der Waals surface area contributed by atoms with Crippen molar-refractivity contribution in [1.82, 2.24) is 0 Å². The SMILES string of the molecule is C=C1CC[C@H](CCCCC(C)CCCC)[C@H]1C[C@H]1OC1CC(OC1CCCCO1)=C(OC1CCCCO1)C(=O)O. The summed E-state index contributed by atoms with van der Waals surface area (Å²) in [5, 5.41) is 10.1. The summed E-state index contributed by atoms with van der Waals surface area (Å²) in [5.41, 5.74) is 1.36. The lowest BCUT2D eigenvalue weighted by molar-refractivity contribution is -0.170. The fourth-order valence-electron chi connectivity index (χ4n) is 6.72. The molecule has 4 fully saturated rings. The molecule has 3 aliphatic heterocycles. The number of unbranched alkanes of at least 4 members (excludes halogenated alkanes) is 2. The molecule has 3 heterocycles. The first kappa shape index (κ1) is 31.4. The zero-order valence-corrected chi connectivity index (χ0v) is 25.1. The number of hydrogen-bond donors (Lipinski definition) is 1. The molecule has 4 aliphatic rings. The average molecular weight is 563 g/mol. The van der Waals surface area contributed by atoms with Crippen molar-refractivity contribution < 1.29 is 33.6 Å². The summed E-state index contributed by atoms with van der Waals surface area (Å²) < 4.78 is 29.7. The fourth-order valence-corrected chi connectivity index (χ4v) is 6.72. The monoisotopic (exact) mass is 562 g/mol. The van der Waals surface area contributed by atoms with Crippen LogP contribution in [-0.2, 0) is 28.5 Å². The van der Waals surface area contributed by atoms with E-state index in [0.29, 0.717) is 43.7 Å². The number of carboxylic acids is 1. The highest BCUT2D eigenvalue weighted by atomic mass is 16.7. The lowest BCUT2D eigenvalue weighted by Gasteiger charge is -2.27. The first-order valence-electron chi connectivity index (χ1n) is 16.3. The zero-order valence-electron chi connectivity index (χ0n) is 25.1. The van der Waals surface area contributed by atoms with E-state index in [4.69, 9.17) is 23.7 Å². The van der Waals surface area contributed by atoms with Crippen molar-refractivity contribution in [2.45, 2.75) is 148 Å². The van der Waals surface area contributed by atoms with Crippen LogP contribution in [-0.4, -0.2) is 49.1 Å². The van der Waals surface area contributed by atoms with Crippen LogP contribution in [0, 0.1) is 17.8 Å². The van der Waals surface area contributed by atoms with E-state index in [1.54, 1.807) is 0 Å². The Hall–Kier alpha value is -1.57. The topological polar surface area (TPSA) is 86.8 Å². The molecule has 7 atom stereocenters. The van der Waals surface area contributed by atoms with E-state index in [0.717, 1.165) is 50.9 Å². The molecule has 0 spiro atoms. The van der Waals surface area contributed by atoms with Gasteiger partial charge in [0.1, 0.15) is 0 Å². The second-order valence-corrected chi connectivity index (χ2v) is 12.6. The molecule has 0 bridgehead atoms. The van der Waals surface area contributed by atoms with Crippen LogP contribution in [0.4, 0.5) is 0 Å². The van der Waals surface area contributed by atoms with Gasteiger partial charge in [-0.3, -0.25) is 0 Å². The van der Waals surface area contributed by atoms with E-state index >= 15 is 0 Å². The minimum atomic E-state index is -1.13. The Morgan fingerprint density at radius 3 is 2.33 bits per heavy atom. The fraction of sp³-hybridized carbons (Fsp3) is 0.848. The quantitative estimate of drug-likeness (QED) is 0.0634. The van der Waals surface area contributed by atoms with Crippen LogP contribution in [0.15, 0.2) is 23.7 Å². The maximum absolute atomic E-state index is 12.3. The number of aliphatic carboxylic acids is 1. The van der Waals surface area contributed by atoms with E-state index in [-0.39, 0.29) is 18.0 Å². The molecule has 40 heavy (non-hydrogen) atoms. The summed E-state index contributed by atoms with van der Waals surface area (Å²) in [5.74, 6) is 1.04. The summed E-state index contributed by atoms with van der Waals surface area (Å²) in [4.78, 5) is 12.3. The largest absolute Gasteiger partial charge is 0.475 e. The summed E-state index contributed by atoms with van der Waals surface area (Å²) in [7, 11) is 0. The second kappa shape index (κ2) is 16.2. The molecule has 3 saturated heterocycles. The molecule has 4 rings (SSSR count). The molecule has 0 amide bonds. The minimum Gasteiger partial charge on any atom is -0.475 e. The number of rotatable bonds is 17. The van der Waals surface area contributed by atoms with Gasteiger partial charge >= 0.3 is 5.97 Å². The van der Waals surface area contributed by atoms with E-state index in [2.05, 4.69) is 20.4 Å². The molecule has 0 aromatic rings. The minimum absolute atomic E-state index is 0.0720. The molecule has 4 unspecified atom stereocenters. The molecule has 7 nitrogen and oxygen atoms in total. The first-order valence-corrected chi connectivity index (χ1v) is 16.3. The van der Waals surface area contributed by atoms with Crippen molar-refractivity contribution in [3.8, 4) is 0 Å². The van der Waals surface area contributed by atoms with Gasteiger partial charge in [0.2, 0.25) is 5.76 Å². The zero-order chi connectivity index (χ0) is 28.3. The third-order valence-electron chi connectivity index (χ3n) is 9.31. The third kappa shape index (κ3) is 9.77. The van der Waals surface area contributed by atoms with Crippen LogP contribution in [0.2, 0.25) is 0 Å². The molecule has 7 heteroatoms. The number of carbonyl (C=O) groups is 1. The van der Waals surface area contributed by atoms with Gasteiger partial charge in [-0.2, -0.15) is 0 Å². The molecule has 1 N–H and O–H groups in total. The van der Waals surface area contributed by atoms with Crippen molar-refractivity contribution in [3.63, 3.8) is 0 Å². The van der Waals surface area contributed by atoms with Gasteiger partial charge in [-0.1, -0.05) is 64.5 Å². The number of allylic oxidation sites excluding steroid dienone is 1. The molecule has 228 valence electrons. The predicted octanol–water partition coefficient (Wildman–Crippen LogP) is 7.89. The van der Waals surface area contributed by atoms with Crippen molar-refractivity contribution in [3.05, 3.63) is 23.7 Å². The van der Waals surface area contributed by atoms with Crippen molar-refractivity contribution in [1.29, 1.82) is 0 Å². The highest BCUT2D eigenvalue weighted by Crippen LogP contribution is 2.46. The van der Waals surface area contributed by atoms with Crippen molar-refractivity contribution in [2.24, 2.45) is 17.8 Å². The summed E-state index contributed by atoms with van der Waals surface area (Å²) in [6.07, 6.45) is 17.3. The maximum Gasteiger partial charge on any atom is 0.374 e. The summed E-state index contributed by atoms with van der Waals surface area (Å²) in [6, 6.07) is 0. The van der Waals surface area contributed by atoms with Gasteiger partial charge in [0.25, 0.3) is 0 Å². The van der Waals surface area contributed by atoms with Crippen LogP contribution < -0.4 is 0 Å². The average Bonchev–Trinajstić information content (AvgIpc) is 3.60. The number of ether oxygens (including phenoxy) is 5. The van der Waals surface area contributed by atoms with Crippen LogP contribution in [0.1, 0.15) is 123 Å². The van der Waals surface area contributed by atoms with Gasteiger partial charge in [0.05, 0.1) is 25.4 Å². The Morgan fingerprint density at radius 1 is 0.975 bits per heavy atom. The van der Waals surface area contributed by atoms with Gasteiger partial charge < -0.3 is 28.8 Å². The Bertz CT molecular complexity index is 827. The summed E-state index contributed by atoms with van der Waals surface area (Å²) >= 11 is 0. The molecular formula is C33H54O7. The van der Waals surface area contributed by atoms with Crippen LogP contribution >= 0.6 is 0 Å². The lowest BCUT2D eigenvalue weighted by atomic mass is 9.85. The molecule has 0 aromatic heterocycles. The van der Waals surface area contributed by atoms with Gasteiger partial charge in [-0.15, -0.1) is 0 Å². The smallest absolute Gasteiger partial charge is 0.374 e. The van der Waals surface area contributed by atoms with Gasteiger partial charge in [0.15, 0.2) is 18.3 Å². The third-order valence-corrected chi connectivity index (χ3v) is 9.31. The second-order valence-electron chi connectivity index (χ2n) is 12.6.